The minimum absolute atomic E-state index is 0.0709. The molecule has 92 valence electrons. The SMILES string of the molecule is COC(=O)CC(C)C(=O)C(C)c1ccccc1. The minimum atomic E-state index is -0.342. The molecule has 0 saturated heterocycles. The Bertz CT molecular complexity index is 384. The summed E-state index contributed by atoms with van der Waals surface area (Å²) in [6, 6.07) is 9.58. The van der Waals surface area contributed by atoms with Crippen LogP contribution in [0.1, 0.15) is 31.7 Å². The standard InChI is InChI=1S/C14H18O3/c1-10(9-13(15)17-3)14(16)11(2)12-7-5-4-6-8-12/h4-8,10-11H,9H2,1-3H3. The summed E-state index contributed by atoms with van der Waals surface area (Å²) in [6.07, 6.45) is 0.145. The van der Waals surface area contributed by atoms with Gasteiger partial charge in [0.1, 0.15) is 5.78 Å². The summed E-state index contributed by atoms with van der Waals surface area (Å²) >= 11 is 0. The number of carbonyl (C=O) groups excluding carboxylic acids is 2. The van der Waals surface area contributed by atoms with Gasteiger partial charge >= 0.3 is 5.97 Å². The van der Waals surface area contributed by atoms with Crippen molar-refractivity contribution in [3.05, 3.63) is 35.9 Å². The fourth-order valence-electron chi connectivity index (χ4n) is 1.77. The van der Waals surface area contributed by atoms with Gasteiger partial charge in [-0.15, -0.1) is 0 Å². The average molecular weight is 234 g/mol. The van der Waals surface area contributed by atoms with Gasteiger partial charge in [0.25, 0.3) is 0 Å². The third-order valence-electron chi connectivity index (χ3n) is 2.91. The molecule has 0 aliphatic heterocycles. The van der Waals surface area contributed by atoms with Crippen LogP contribution >= 0.6 is 0 Å². The van der Waals surface area contributed by atoms with Crippen molar-refractivity contribution >= 4 is 11.8 Å². The van der Waals surface area contributed by atoms with E-state index < -0.39 is 0 Å². The lowest BCUT2D eigenvalue weighted by molar-refractivity contribution is -0.143. The third-order valence-corrected chi connectivity index (χ3v) is 2.91. The fourth-order valence-corrected chi connectivity index (χ4v) is 1.77. The van der Waals surface area contributed by atoms with Crippen molar-refractivity contribution in [2.45, 2.75) is 26.2 Å². The summed E-state index contributed by atoms with van der Waals surface area (Å²) in [4.78, 5) is 23.2. The van der Waals surface area contributed by atoms with Gasteiger partial charge < -0.3 is 4.74 Å². The van der Waals surface area contributed by atoms with Gasteiger partial charge in [-0.3, -0.25) is 9.59 Å². The Kier molecular flexibility index (Phi) is 4.88. The lowest BCUT2D eigenvalue weighted by Gasteiger charge is -2.15. The summed E-state index contributed by atoms with van der Waals surface area (Å²) in [6.45, 7) is 3.63. The highest BCUT2D eigenvalue weighted by Crippen LogP contribution is 2.21. The van der Waals surface area contributed by atoms with Crippen LogP contribution in [0.3, 0.4) is 0 Å². The number of hydrogen-bond donors (Lipinski definition) is 0. The van der Waals surface area contributed by atoms with Gasteiger partial charge in [0.05, 0.1) is 13.5 Å². The van der Waals surface area contributed by atoms with Crippen LogP contribution in [0.25, 0.3) is 0 Å². The smallest absolute Gasteiger partial charge is 0.306 e. The number of esters is 1. The number of hydrogen-bond acceptors (Lipinski definition) is 3. The van der Waals surface area contributed by atoms with E-state index in [9.17, 15) is 9.59 Å². The Balaban J connectivity index is 2.67. The molecule has 1 rings (SSSR count). The van der Waals surface area contributed by atoms with Crippen LogP contribution in [0.5, 0.6) is 0 Å². The van der Waals surface area contributed by atoms with E-state index in [0.717, 1.165) is 5.56 Å². The Labute approximate surface area is 102 Å². The number of methoxy groups -OCH3 is 1. The molecule has 0 bridgehead atoms. The molecule has 1 aromatic carbocycles. The van der Waals surface area contributed by atoms with Gasteiger partial charge in [-0.05, 0) is 5.56 Å². The summed E-state index contributed by atoms with van der Waals surface area (Å²) in [5.74, 6) is -0.763. The van der Waals surface area contributed by atoms with Crippen molar-refractivity contribution in [2.24, 2.45) is 5.92 Å². The highest BCUT2D eigenvalue weighted by atomic mass is 16.5. The number of benzene rings is 1. The van der Waals surface area contributed by atoms with Crippen LogP contribution in [0, 0.1) is 5.92 Å². The maximum absolute atomic E-state index is 12.1. The average Bonchev–Trinajstić information content (AvgIpc) is 2.37. The monoisotopic (exact) mass is 234 g/mol. The van der Waals surface area contributed by atoms with E-state index >= 15 is 0 Å². The largest absolute Gasteiger partial charge is 0.469 e. The van der Waals surface area contributed by atoms with Gasteiger partial charge in [-0.1, -0.05) is 44.2 Å². The number of ketones is 1. The molecule has 0 amide bonds. The molecule has 0 saturated carbocycles. The first-order valence-corrected chi connectivity index (χ1v) is 5.71. The predicted molar refractivity (Wildman–Crippen MR) is 65.7 cm³/mol. The number of carbonyl (C=O) groups is 2. The zero-order valence-corrected chi connectivity index (χ0v) is 10.5. The molecule has 2 unspecified atom stereocenters. The molecule has 0 aliphatic carbocycles. The van der Waals surface area contributed by atoms with E-state index in [-0.39, 0.29) is 30.0 Å². The molecule has 0 aliphatic rings. The molecule has 0 aromatic heterocycles. The zero-order valence-electron chi connectivity index (χ0n) is 10.5. The molecular formula is C14H18O3. The highest BCUT2D eigenvalue weighted by Gasteiger charge is 2.23. The van der Waals surface area contributed by atoms with Crippen LogP contribution in [-0.4, -0.2) is 18.9 Å². The maximum Gasteiger partial charge on any atom is 0.306 e. The summed E-state index contributed by atoms with van der Waals surface area (Å²) in [5, 5.41) is 0. The van der Waals surface area contributed by atoms with E-state index in [1.54, 1.807) is 6.92 Å². The summed E-state index contributed by atoms with van der Waals surface area (Å²) < 4.78 is 4.57. The Hall–Kier alpha value is -1.64. The van der Waals surface area contributed by atoms with E-state index in [2.05, 4.69) is 4.74 Å². The first-order valence-electron chi connectivity index (χ1n) is 5.71. The zero-order chi connectivity index (χ0) is 12.8. The van der Waals surface area contributed by atoms with Crippen molar-refractivity contribution < 1.29 is 14.3 Å². The Morgan fingerprint density at radius 1 is 1.18 bits per heavy atom. The molecule has 3 nitrogen and oxygen atoms in total. The van der Waals surface area contributed by atoms with Gasteiger partial charge in [-0.2, -0.15) is 0 Å². The van der Waals surface area contributed by atoms with Crippen molar-refractivity contribution in [3.8, 4) is 0 Å². The van der Waals surface area contributed by atoms with Crippen molar-refractivity contribution in [1.29, 1.82) is 0 Å². The number of Topliss-reactive ketones (excluding diaryl/α,β-unsaturated/α-hetero) is 1. The van der Waals surface area contributed by atoms with Crippen LogP contribution in [-0.2, 0) is 14.3 Å². The first kappa shape index (κ1) is 13.4. The van der Waals surface area contributed by atoms with Gasteiger partial charge in [0.15, 0.2) is 0 Å². The molecular weight excluding hydrogens is 216 g/mol. The van der Waals surface area contributed by atoms with Crippen molar-refractivity contribution in [1.82, 2.24) is 0 Å². The summed E-state index contributed by atoms with van der Waals surface area (Å²) in [7, 11) is 1.33. The molecule has 2 atom stereocenters. The van der Waals surface area contributed by atoms with Crippen molar-refractivity contribution in [2.75, 3.05) is 7.11 Å². The van der Waals surface area contributed by atoms with E-state index in [1.807, 2.05) is 37.3 Å². The second-order valence-electron chi connectivity index (χ2n) is 4.22. The molecule has 1 aromatic rings. The Morgan fingerprint density at radius 2 is 1.76 bits per heavy atom. The van der Waals surface area contributed by atoms with Gasteiger partial charge in [0, 0.05) is 11.8 Å². The first-order chi connectivity index (χ1) is 8.06. The van der Waals surface area contributed by atoms with Gasteiger partial charge in [-0.25, -0.2) is 0 Å². The second kappa shape index (κ2) is 6.18. The predicted octanol–water partition coefficient (Wildman–Crippen LogP) is 2.56. The van der Waals surface area contributed by atoms with Crippen LogP contribution in [0.4, 0.5) is 0 Å². The van der Waals surface area contributed by atoms with Crippen LogP contribution in [0.15, 0.2) is 30.3 Å². The van der Waals surface area contributed by atoms with Crippen LogP contribution < -0.4 is 0 Å². The quantitative estimate of drug-likeness (QED) is 0.735. The highest BCUT2D eigenvalue weighted by molar-refractivity contribution is 5.90. The number of ether oxygens (including phenoxy) is 1. The second-order valence-corrected chi connectivity index (χ2v) is 4.22. The van der Waals surface area contributed by atoms with Gasteiger partial charge in [0.2, 0.25) is 0 Å². The molecule has 17 heavy (non-hydrogen) atoms. The number of rotatable bonds is 5. The molecule has 0 N–H and O–H groups in total. The normalized spacial score (nSPS) is 13.8. The third kappa shape index (κ3) is 3.70. The molecule has 0 fully saturated rings. The molecule has 0 spiro atoms. The molecule has 3 heteroatoms. The van der Waals surface area contributed by atoms with Crippen molar-refractivity contribution in [3.63, 3.8) is 0 Å². The lowest BCUT2D eigenvalue weighted by atomic mass is 9.88. The molecule has 0 radical (unpaired) electrons. The minimum Gasteiger partial charge on any atom is -0.469 e. The summed E-state index contributed by atoms with van der Waals surface area (Å²) in [5.41, 5.74) is 0.981. The van der Waals surface area contributed by atoms with E-state index in [0.29, 0.717) is 0 Å². The topological polar surface area (TPSA) is 43.4 Å². The lowest BCUT2D eigenvalue weighted by Crippen LogP contribution is -2.21. The van der Waals surface area contributed by atoms with E-state index in [1.165, 1.54) is 7.11 Å². The van der Waals surface area contributed by atoms with Crippen LogP contribution in [0.2, 0.25) is 0 Å². The Morgan fingerprint density at radius 3 is 2.29 bits per heavy atom. The molecule has 0 heterocycles. The maximum atomic E-state index is 12.1. The fraction of sp³-hybridized carbons (Fsp3) is 0.429. The van der Waals surface area contributed by atoms with E-state index in [4.69, 9.17) is 0 Å².